The van der Waals surface area contributed by atoms with Crippen LogP contribution >= 0.6 is 11.8 Å². The molecule has 0 aliphatic heterocycles. The average molecular weight is 298 g/mol. The first kappa shape index (κ1) is 16.2. The molecule has 0 saturated heterocycles. The lowest BCUT2D eigenvalue weighted by molar-refractivity contribution is -0.139. The third-order valence-corrected chi connectivity index (χ3v) is 3.23. The average Bonchev–Trinajstić information content (AvgIpc) is 2.39. The molecular formula is C14H15FO4S. The highest BCUT2D eigenvalue weighted by molar-refractivity contribution is 7.99. The Hall–Kier alpha value is -1.82. The zero-order valence-corrected chi connectivity index (χ0v) is 11.8. The molecule has 6 heteroatoms. The molecule has 0 heterocycles. The lowest BCUT2D eigenvalue weighted by Crippen LogP contribution is -2.06. The van der Waals surface area contributed by atoms with Gasteiger partial charge >= 0.3 is 11.9 Å². The lowest BCUT2D eigenvalue weighted by Gasteiger charge is -2.04. The maximum absolute atomic E-state index is 13.7. The van der Waals surface area contributed by atoms with Crippen molar-refractivity contribution in [3.8, 4) is 0 Å². The summed E-state index contributed by atoms with van der Waals surface area (Å²) in [6, 6.07) is 4.47. The van der Waals surface area contributed by atoms with Gasteiger partial charge in [0.1, 0.15) is 5.82 Å². The smallest absolute Gasteiger partial charge is 0.328 e. The minimum Gasteiger partial charge on any atom is -0.478 e. The summed E-state index contributed by atoms with van der Waals surface area (Å²) in [4.78, 5) is 21.5. The van der Waals surface area contributed by atoms with Crippen LogP contribution in [0.2, 0.25) is 0 Å². The maximum Gasteiger partial charge on any atom is 0.328 e. The number of rotatable bonds is 7. The Morgan fingerprint density at radius 1 is 1.45 bits per heavy atom. The van der Waals surface area contributed by atoms with Crippen molar-refractivity contribution < 1.29 is 23.8 Å². The predicted octanol–water partition coefficient (Wildman–Crippen LogP) is 2.72. The summed E-state index contributed by atoms with van der Waals surface area (Å²) in [5.41, 5.74) is 0.941. The van der Waals surface area contributed by atoms with Gasteiger partial charge in [0.05, 0.1) is 12.4 Å². The Morgan fingerprint density at radius 3 is 2.80 bits per heavy atom. The van der Waals surface area contributed by atoms with Gasteiger partial charge < -0.3 is 9.84 Å². The highest BCUT2D eigenvalue weighted by atomic mass is 32.2. The highest BCUT2D eigenvalue weighted by Crippen LogP contribution is 2.18. The van der Waals surface area contributed by atoms with Crippen molar-refractivity contribution in [3.63, 3.8) is 0 Å². The fourth-order valence-corrected chi connectivity index (χ4v) is 2.20. The van der Waals surface area contributed by atoms with Crippen LogP contribution < -0.4 is 0 Å². The van der Waals surface area contributed by atoms with Crippen LogP contribution in [-0.4, -0.2) is 29.4 Å². The van der Waals surface area contributed by atoms with Gasteiger partial charge in [0.15, 0.2) is 0 Å². The summed E-state index contributed by atoms with van der Waals surface area (Å²) in [6.07, 6.45) is 2.27. The van der Waals surface area contributed by atoms with E-state index in [0.29, 0.717) is 23.5 Å². The number of ether oxygens (including phenoxy) is 1. The van der Waals surface area contributed by atoms with Crippen molar-refractivity contribution in [2.45, 2.75) is 12.7 Å². The molecule has 0 aromatic heterocycles. The Bertz CT molecular complexity index is 514. The number of hydrogen-bond donors (Lipinski definition) is 1. The summed E-state index contributed by atoms with van der Waals surface area (Å²) in [5.74, 6) is -1.30. The predicted molar refractivity (Wildman–Crippen MR) is 75.9 cm³/mol. The molecule has 1 N–H and O–H groups in total. The summed E-state index contributed by atoms with van der Waals surface area (Å²) in [5, 5.41) is 8.48. The largest absolute Gasteiger partial charge is 0.478 e. The molecular weight excluding hydrogens is 283 g/mol. The number of carbonyl (C=O) groups is 2. The molecule has 4 nitrogen and oxygen atoms in total. The summed E-state index contributed by atoms with van der Waals surface area (Å²) in [6.45, 7) is 2.06. The minimum absolute atomic E-state index is 0.175. The van der Waals surface area contributed by atoms with Gasteiger partial charge in [-0.2, -0.15) is 0 Å². The van der Waals surface area contributed by atoms with Crippen LogP contribution in [0.5, 0.6) is 0 Å². The fourth-order valence-electron chi connectivity index (χ4n) is 1.40. The van der Waals surface area contributed by atoms with Crippen molar-refractivity contribution in [2.24, 2.45) is 0 Å². The molecule has 1 rings (SSSR count). The molecule has 0 radical (unpaired) electrons. The van der Waals surface area contributed by atoms with E-state index in [9.17, 15) is 14.0 Å². The molecule has 1 aromatic rings. The number of esters is 1. The number of aliphatic carboxylic acids is 1. The molecule has 108 valence electrons. The monoisotopic (exact) mass is 298 g/mol. The number of carbonyl (C=O) groups excluding carboxylic acids is 1. The van der Waals surface area contributed by atoms with E-state index in [0.717, 1.165) is 6.08 Å². The van der Waals surface area contributed by atoms with Gasteiger partial charge in [-0.25, -0.2) is 9.18 Å². The van der Waals surface area contributed by atoms with E-state index in [1.54, 1.807) is 19.1 Å². The molecule has 0 unspecified atom stereocenters. The Balaban J connectivity index is 2.56. The van der Waals surface area contributed by atoms with E-state index >= 15 is 0 Å². The highest BCUT2D eigenvalue weighted by Gasteiger charge is 2.06. The van der Waals surface area contributed by atoms with Gasteiger partial charge in [0, 0.05) is 11.8 Å². The lowest BCUT2D eigenvalue weighted by atomic mass is 10.1. The molecule has 0 bridgehead atoms. The first-order chi connectivity index (χ1) is 9.52. The number of carboxylic acids is 1. The fraction of sp³-hybridized carbons (Fsp3) is 0.286. The zero-order chi connectivity index (χ0) is 15.0. The Labute approximate surface area is 120 Å². The van der Waals surface area contributed by atoms with Gasteiger partial charge in [0.2, 0.25) is 0 Å². The number of halogens is 1. The normalized spacial score (nSPS) is 10.7. The first-order valence-electron chi connectivity index (χ1n) is 5.95. The molecule has 0 amide bonds. The van der Waals surface area contributed by atoms with Crippen LogP contribution in [0.4, 0.5) is 4.39 Å². The number of benzene rings is 1. The van der Waals surface area contributed by atoms with Crippen LogP contribution in [0.15, 0.2) is 24.3 Å². The van der Waals surface area contributed by atoms with Crippen LogP contribution in [0.3, 0.4) is 0 Å². The standard InChI is InChI=1S/C14H15FO4S/c1-2-19-14(18)9-20-8-11-5-3-10(7-12(11)15)4-6-13(16)17/h3-7H,2,8-9H2,1H3,(H,16,17). The summed E-state index contributed by atoms with van der Waals surface area (Å²) in [7, 11) is 0. The molecule has 0 aliphatic rings. The summed E-state index contributed by atoms with van der Waals surface area (Å²) < 4.78 is 18.5. The Kier molecular flexibility index (Phi) is 6.79. The SMILES string of the molecule is CCOC(=O)CSCc1ccc(C=CC(=O)O)cc1F. The third-order valence-electron chi connectivity index (χ3n) is 2.28. The van der Waals surface area contributed by atoms with E-state index < -0.39 is 11.8 Å². The quantitative estimate of drug-likeness (QED) is 0.619. The molecule has 0 aliphatic carbocycles. The van der Waals surface area contributed by atoms with E-state index in [-0.39, 0.29) is 11.7 Å². The van der Waals surface area contributed by atoms with E-state index in [1.165, 1.54) is 23.9 Å². The van der Waals surface area contributed by atoms with Crippen LogP contribution in [0.25, 0.3) is 6.08 Å². The van der Waals surface area contributed by atoms with Crippen molar-refractivity contribution in [3.05, 3.63) is 41.2 Å². The second-order valence-electron chi connectivity index (χ2n) is 3.82. The first-order valence-corrected chi connectivity index (χ1v) is 7.11. The molecule has 20 heavy (non-hydrogen) atoms. The second-order valence-corrected chi connectivity index (χ2v) is 4.81. The topological polar surface area (TPSA) is 63.6 Å². The van der Waals surface area contributed by atoms with Gasteiger partial charge in [0.25, 0.3) is 0 Å². The number of hydrogen-bond acceptors (Lipinski definition) is 4. The second kappa shape index (κ2) is 8.37. The Morgan fingerprint density at radius 2 is 2.20 bits per heavy atom. The van der Waals surface area contributed by atoms with Gasteiger partial charge in [-0.15, -0.1) is 11.8 Å². The van der Waals surface area contributed by atoms with Crippen molar-refractivity contribution in [1.82, 2.24) is 0 Å². The summed E-state index contributed by atoms with van der Waals surface area (Å²) >= 11 is 1.27. The van der Waals surface area contributed by atoms with Crippen molar-refractivity contribution in [2.75, 3.05) is 12.4 Å². The third kappa shape index (κ3) is 5.88. The van der Waals surface area contributed by atoms with Crippen molar-refractivity contribution >= 4 is 29.8 Å². The molecule has 0 spiro atoms. The number of carboxylic acid groups (broad SMARTS) is 1. The molecule has 0 saturated carbocycles. The zero-order valence-electron chi connectivity index (χ0n) is 11.0. The van der Waals surface area contributed by atoms with Crippen LogP contribution in [0.1, 0.15) is 18.1 Å². The molecule has 0 atom stereocenters. The maximum atomic E-state index is 13.7. The van der Waals surface area contributed by atoms with E-state index in [1.807, 2.05) is 0 Å². The van der Waals surface area contributed by atoms with Gasteiger partial charge in [-0.05, 0) is 30.2 Å². The van der Waals surface area contributed by atoms with Crippen LogP contribution in [0, 0.1) is 5.82 Å². The molecule has 1 aromatic carbocycles. The molecule has 0 fully saturated rings. The minimum atomic E-state index is -1.08. The van der Waals surface area contributed by atoms with Crippen molar-refractivity contribution in [1.29, 1.82) is 0 Å². The van der Waals surface area contributed by atoms with Crippen LogP contribution in [-0.2, 0) is 20.1 Å². The van der Waals surface area contributed by atoms with E-state index in [4.69, 9.17) is 9.84 Å². The van der Waals surface area contributed by atoms with Gasteiger partial charge in [-0.3, -0.25) is 4.79 Å². The van der Waals surface area contributed by atoms with E-state index in [2.05, 4.69) is 0 Å². The number of thioether (sulfide) groups is 1. The van der Waals surface area contributed by atoms with Gasteiger partial charge in [-0.1, -0.05) is 12.1 Å².